The summed E-state index contributed by atoms with van der Waals surface area (Å²) in [6.45, 7) is 2.71. The van der Waals surface area contributed by atoms with E-state index in [4.69, 9.17) is 13.8 Å². The summed E-state index contributed by atoms with van der Waals surface area (Å²) in [5.41, 5.74) is 2.75. The summed E-state index contributed by atoms with van der Waals surface area (Å²) in [5.74, 6) is -0.319. The fourth-order valence-electron chi connectivity index (χ4n) is 3.88. The number of benzene rings is 2. The van der Waals surface area contributed by atoms with Gasteiger partial charge in [-0.2, -0.15) is 0 Å². The van der Waals surface area contributed by atoms with E-state index in [0.717, 1.165) is 22.0 Å². The Balaban J connectivity index is 2.11. The smallest absolute Gasteiger partial charge is 0.337 e. The molecule has 170 valence electrons. The molecule has 32 heavy (non-hydrogen) atoms. The fraction of sp³-hybridized carbons (Fsp3) is 0.333. The first-order valence-electron chi connectivity index (χ1n) is 10.4. The van der Waals surface area contributed by atoms with Crippen molar-refractivity contribution in [3.63, 3.8) is 0 Å². The van der Waals surface area contributed by atoms with Crippen LogP contribution in [0, 0.1) is 0 Å². The standard InChI is InChI=1S/C24H28NO6P/c1-4-31-24(27)15-20-17-25(16-18-8-6-5-7-9-18)22-11-10-19(14-21(20)22)23(12-13-26)32(28,29-2)30-3/h5-11,13-14,17,23H,4,12,15-16H2,1-3H3. The zero-order valence-electron chi connectivity index (χ0n) is 18.5. The quantitative estimate of drug-likeness (QED) is 0.231. The van der Waals surface area contributed by atoms with E-state index in [2.05, 4.69) is 4.57 Å². The summed E-state index contributed by atoms with van der Waals surface area (Å²) >= 11 is 0. The first kappa shape index (κ1) is 23.9. The largest absolute Gasteiger partial charge is 0.466 e. The maximum Gasteiger partial charge on any atom is 0.337 e. The summed E-state index contributed by atoms with van der Waals surface area (Å²) in [4.78, 5) is 23.6. The highest BCUT2D eigenvalue weighted by Gasteiger charge is 2.35. The van der Waals surface area contributed by atoms with E-state index < -0.39 is 13.3 Å². The third-order valence-corrected chi connectivity index (χ3v) is 7.71. The van der Waals surface area contributed by atoms with Gasteiger partial charge in [0, 0.05) is 44.3 Å². The normalized spacial score (nSPS) is 12.6. The molecule has 0 aliphatic rings. The predicted molar refractivity (Wildman–Crippen MR) is 123 cm³/mol. The third kappa shape index (κ3) is 5.18. The van der Waals surface area contributed by atoms with Crippen molar-refractivity contribution < 1.29 is 27.9 Å². The van der Waals surface area contributed by atoms with E-state index in [1.54, 1.807) is 6.92 Å². The maximum atomic E-state index is 13.1. The van der Waals surface area contributed by atoms with E-state index in [9.17, 15) is 14.2 Å². The molecule has 0 amide bonds. The van der Waals surface area contributed by atoms with Gasteiger partial charge in [-0.15, -0.1) is 0 Å². The van der Waals surface area contributed by atoms with Crippen molar-refractivity contribution in [2.45, 2.75) is 32.0 Å². The number of carbonyl (C=O) groups is 2. The molecular weight excluding hydrogens is 429 g/mol. The molecule has 2 aromatic carbocycles. The number of aldehydes is 1. The average molecular weight is 457 g/mol. The number of carbonyl (C=O) groups excluding carboxylic acids is 2. The molecule has 1 aromatic heterocycles. The highest BCUT2D eigenvalue weighted by molar-refractivity contribution is 7.54. The Labute approximate surface area is 187 Å². The van der Waals surface area contributed by atoms with Crippen molar-refractivity contribution >= 4 is 30.8 Å². The van der Waals surface area contributed by atoms with Gasteiger partial charge in [-0.25, -0.2) is 0 Å². The van der Waals surface area contributed by atoms with Crippen LogP contribution in [0.4, 0.5) is 0 Å². The Morgan fingerprint density at radius 3 is 2.47 bits per heavy atom. The lowest BCUT2D eigenvalue weighted by Crippen LogP contribution is -2.07. The van der Waals surface area contributed by atoms with E-state index in [0.29, 0.717) is 25.0 Å². The predicted octanol–water partition coefficient (Wildman–Crippen LogP) is 4.91. The maximum absolute atomic E-state index is 13.1. The fourth-order valence-corrected chi connectivity index (χ4v) is 5.41. The molecule has 3 rings (SSSR count). The Morgan fingerprint density at radius 1 is 1.12 bits per heavy atom. The first-order valence-corrected chi connectivity index (χ1v) is 12.0. The minimum atomic E-state index is -3.54. The Morgan fingerprint density at radius 2 is 1.84 bits per heavy atom. The molecule has 0 fully saturated rings. The van der Waals surface area contributed by atoms with Gasteiger partial charge in [0.25, 0.3) is 0 Å². The summed E-state index contributed by atoms with van der Waals surface area (Å²) < 4.78 is 30.7. The number of hydrogen-bond acceptors (Lipinski definition) is 6. The SMILES string of the molecule is CCOC(=O)Cc1cn(Cc2ccccc2)c2ccc(C(CC=O)P(=O)(OC)OC)cc12. The van der Waals surface area contributed by atoms with Crippen molar-refractivity contribution in [1.29, 1.82) is 0 Å². The summed E-state index contributed by atoms with van der Waals surface area (Å²) in [6, 6.07) is 15.6. The van der Waals surface area contributed by atoms with Crippen molar-refractivity contribution in [3.05, 3.63) is 71.4 Å². The molecule has 0 saturated carbocycles. The number of nitrogens with zero attached hydrogens (tertiary/aromatic N) is 1. The van der Waals surface area contributed by atoms with Crippen molar-refractivity contribution in [1.82, 2.24) is 4.57 Å². The molecule has 0 saturated heterocycles. The summed E-state index contributed by atoms with van der Waals surface area (Å²) in [6.07, 6.45) is 2.75. The molecule has 0 spiro atoms. The van der Waals surface area contributed by atoms with Gasteiger partial charge in [-0.3, -0.25) is 9.36 Å². The van der Waals surface area contributed by atoms with Gasteiger partial charge in [0.1, 0.15) is 6.29 Å². The second-order valence-electron chi connectivity index (χ2n) is 7.35. The zero-order chi connectivity index (χ0) is 23.1. The zero-order valence-corrected chi connectivity index (χ0v) is 19.4. The van der Waals surface area contributed by atoms with Crippen LogP contribution in [0.25, 0.3) is 10.9 Å². The van der Waals surface area contributed by atoms with Gasteiger partial charge in [0.2, 0.25) is 0 Å². The molecule has 0 aliphatic carbocycles. The minimum absolute atomic E-state index is 0.0115. The van der Waals surface area contributed by atoms with E-state index in [1.807, 2.05) is 54.7 Å². The highest BCUT2D eigenvalue weighted by atomic mass is 31.2. The number of ether oxygens (including phenoxy) is 1. The topological polar surface area (TPSA) is 83.8 Å². The third-order valence-electron chi connectivity index (χ3n) is 5.42. The van der Waals surface area contributed by atoms with Crippen molar-refractivity contribution in [2.24, 2.45) is 0 Å². The van der Waals surface area contributed by atoms with Gasteiger partial charge in [0.15, 0.2) is 0 Å². The lowest BCUT2D eigenvalue weighted by atomic mass is 10.0. The van der Waals surface area contributed by atoms with Gasteiger partial charge in [0.05, 0.1) is 18.7 Å². The Kier molecular flexibility index (Phi) is 8.02. The molecule has 0 N–H and O–H groups in total. The number of aromatic nitrogens is 1. The Bertz CT molecular complexity index is 1120. The van der Waals surface area contributed by atoms with E-state index in [-0.39, 0.29) is 18.8 Å². The van der Waals surface area contributed by atoms with Crippen LogP contribution in [-0.4, -0.2) is 37.6 Å². The van der Waals surface area contributed by atoms with Crippen LogP contribution in [0.3, 0.4) is 0 Å². The highest BCUT2D eigenvalue weighted by Crippen LogP contribution is 2.61. The van der Waals surface area contributed by atoms with Crippen LogP contribution < -0.4 is 0 Å². The number of fused-ring (bicyclic) bond motifs is 1. The van der Waals surface area contributed by atoms with Gasteiger partial charge < -0.3 is 23.1 Å². The van der Waals surface area contributed by atoms with Gasteiger partial charge in [-0.05, 0) is 35.7 Å². The molecule has 0 radical (unpaired) electrons. The van der Waals surface area contributed by atoms with E-state index in [1.165, 1.54) is 14.2 Å². The molecule has 3 aromatic rings. The van der Waals surface area contributed by atoms with Crippen molar-refractivity contribution in [2.75, 3.05) is 20.8 Å². The molecule has 1 unspecified atom stereocenters. The molecular formula is C24H28NO6P. The number of esters is 1. The van der Waals surface area contributed by atoms with Crippen LogP contribution in [0.1, 0.15) is 35.7 Å². The van der Waals surface area contributed by atoms with Gasteiger partial charge in [-0.1, -0.05) is 36.4 Å². The van der Waals surface area contributed by atoms with Gasteiger partial charge >= 0.3 is 13.6 Å². The number of hydrogen-bond donors (Lipinski definition) is 0. The number of rotatable bonds is 11. The molecule has 1 heterocycles. The molecule has 7 nitrogen and oxygen atoms in total. The molecule has 0 aliphatic heterocycles. The van der Waals surface area contributed by atoms with E-state index >= 15 is 0 Å². The molecule has 1 atom stereocenters. The second kappa shape index (κ2) is 10.7. The van der Waals surface area contributed by atoms with Crippen LogP contribution in [0.5, 0.6) is 0 Å². The van der Waals surface area contributed by atoms with Crippen molar-refractivity contribution in [3.8, 4) is 0 Å². The molecule has 8 heteroatoms. The van der Waals surface area contributed by atoms with Crippen LogP contribution in [-0.2, 0) is 40.9 Å². The summed E-state index contributed by atoms with van der Waals surface area (Å²) in [5, 5.41) is 0.834. The lowest BCUT2D eigenvalue weighted by molar-refractivity contribution is -0.142. The molecule has 0 bridgehead atoms. The monoisotopic (exact) mass is 457 g/mol. The Hall–Kier alpha value is -2.73. The van der Waals surface area contributed by atoms with Crippen LogP contribution >= 0.6 is 7.60 Å². The second-order valence-corrected chi connectivity index (χ2v) is 9.78. The summed E-state index contributed by atoms with van der Waals surface area (Å²) in [7, 11) is -0.921. The average Bonchev–Trinajstić information content (AvgIpc) is 3.13. The minimum Gasteiger partial charge on any atom is -0.466 e. The lowest BCUT2D eigenvalue weighted by Gasteiger charge is -2.23. The van der Waals surface area contributed by atoms with Crippen LogP contribution in [0.2, 0.25) is 0 Å². The first-order chi connectivity index (χ1) is 15.5. The van der Waals surface area contributed by atoms with Crippen LogP contribution in [0.15, 0.2) is 54.7 Å².